The second-order valence-electron chi connectivity index (χ2n) is 4.38. The van der Waals surface area contributed by atoms with Crippen molar-refractivity contribution in [2.45, 2.75) is 6.92 Å². The van der Waals surface area contributed by atoms with Gasteiger partial charge in [0, 0.05) is 30.3 Å². The van der Waals surface area contributed by atoms with Crippen LogP contribution in [0, 0.1) is 0 Å². The Bertz CT molecular complexity index is 751. The molecule has 3 aromatic rings. The van der Waals surface area contributed by atoms with Crippen molar-refractivity contribution in [3.05, 3.63) is 60.6 Å². The normalized spacial score (nSPS) is 10.6. The molecule has 92 valence electrons. The Morgan fingerprint density at radius 2 is 1.79 bits per heavy atom. The van der Waals surface area contributed by atoms with E-state index in [0.29, 0.717) is 5.69 Å². The fourth-order valence-electron chi connectivity index (χ4n) is 2.07. The van der Waals surface area contributed by atoms with Gasteiger partial charge < -0.3 is 0 Å². The van der Waals surface area contributed by atoms with Gasteiger partial charge in [0.1, 0.15) is 5.69 Å². The standard InChI is InChI=1S/C16H12N2O/c1-11(19)15-8-7-13-9-17-10-14(16(13)18-15)12-5-3-2-4-6-12/h2-10H,1H3. The third-order valence-electron chi connectivity index (χ3n) is 3.04. The largest absolute Gasteiger partial charge is 0.293 e. The molecule has 3 nitrogen and oxygen atoms in total. The Hall–Kier alpha value is -2.55. The topological polar surface area (TPSA) is 42.9 Å². The maximum atomic E-state index is 11.5. The Labute approximate surface area is 111 Å². The molecular weight excluding hydrogens is 236 g/mol. The highest BCUT2D eigenvalue weighted by Gasteiger charge is 2.08. The summed E-state index contributed by atoms with van der Waals surface area (Å²) in [5.41, 5.74) is 3.29. The fourth-order valence-corrected chi connectivity index (χ4v) is 2.07. The summed E-state index contributed by atoms with van der Waals surface area (Å²) in [6.45, 7) is 1.53. The number of rotatable bonds is 2. The molecule has 0 aliphatic rings. The van der Waals surface area contributed by atoms with Crippen molar-refractivity contribution in [2.75, 3.05) is 0 Å². The minimum absolute atomic E-state index is 0.0299. The summed E-state index contributed by atoms with van der Waals surface area (Å²) in [6.07, 6.45) is 3.55. The lowest BCUT2D eigenvalue weighted by molar-refractivity contribution is 0.101. The summed E-state index contributed by atoms with van der Waals surface area (Å²) in [4.78, 5) is 20.2. The molecule has 0 saturated heterocycles. The van der Waals surface area contributed by atoms with E-state index < -0.39 is 0 Å². The number of nitrogens with zero attached hydrogens (tertiary/aromatic N) is 2. The molecule has 0 N–H and O–H groups in total. The highest BCUT2D eigenvalue weighted by molar-refractivity contribution is 5.98. The van der Waals surface area contributed by atoms with Gasteiger partial charge in [0.2, 0.25) is 0 Å². The van der Waals surface area contributed by atoms with Gasteiger partial charge in [-0.25, -0.2) is 4.98 Å². The maximum Gasteiger partial charge on any atom is 0.178 e. The third kappa shape index (κ3) is 2.10. The second-order valence-corrected chi connectivity index (χ2v) is 4.38. The molecule has 3 rings (SSSR count). The van der Waals surface area contributed by atoms with Crippen molar-refractivity contribution in [1.82, 2.24) is 9.97 Å². The zero-order valence-corrected chi connectivity index (χ0v) is 10.5. The highest BCUT2D eigenvalue weighted by atomic mass is 16.1. The number of carbonyl (C=O) groups excluding carboxylic acids is 1. The van der Waals surface area contributed by atoms with Crippen molar-refractivity contribution in [1.29, 1.82) is 0 Å². The monoisotopic (exact) mass is 248 g/mol. The van der Waals surface area contributed by atoms with Gasteiger partial charge >= 0.3 is 0 Å². The van der Waals surface area contributed by atoms with E-state index in [1.807, 2.05) is 36.4 Å². The lowest BCUT2D eigenvalue weighted by Crippen LogP contribution is -1.97. The lowest BCUT2D eigenvalue weighted by Gasteiger charge is -2.06. The summed E-state index contributed by atoms with van der Waals surface area (Å²) < 4.78 is 0. The molecule has 19 heavy (non-hydrogen) atoms. The SMILES string of the molecule is CC(=O)c1ccc2cncc(-c3ccccc3)c2n1. The van der Waals surface area contributed by atoms with Gasteiger partial charge in [0.25, 0.3) is 0 Å². The summed E-state index contributed by atoms with van der Waals surface area (Å²) in [6, 6.07) is 13.6. The van der Waals surface area contributed by atoms with E-state index in [2.05, 4.69) is 9.97 Å². The van der Waals surface area contributed by atoms with E-state index in [1.165, 1.54) is 6.92 Å². The Balaban J connectivity index is 2.30. The summed E-state index contributed by atoms with van der Waals surface area (Å²) in [5, 5.41) is 0.936. The zero-order chi connectivity index (χ0) is 13.2. The average molecular weight is 248 g/mol. The number of carbonyl (C=O) groups is 1. The fraction of sp³-hybridized carbons (Fsp3) is 0.0625. The van der Waals surface area contributed by atoms with Crippen molar-refractivity contribution in [2.24, 2.45) is 0 Å². The van der Waals surface area contributed by atoms with Crippen LogP contribution in [0.5, 0.6) is 0 Å². The number of Topliss-reactive ketones (excluding diaryl/α,β-unsaturated/α-hetero) is 1. The molecule has 0 fully saturated rings. The van der Waals surface area contributed by atoms with Crippen LogP contribution in [0.3, 0.4) is 0 Å². The first-order valence-electron chi connectivity index (χ1n) is 6.07. The quantitative estimate of drug-likeness (QED) is 0.652. The van der Waals surface area contributed by atoms with Crippen molar-refractivity contribution in [3.63, 3.8) is 0 Å². The minimum Gasteiger partial charge on any atom is -0.293 e. The van der Waals surface area contributed by atoms with Gasteiger partial charge in [-0.1, -0.05) is 30.3 Å². The maximum absolute atomic E-state index is 11.5. The van der Waals surface area contributed by atoms with Crippen LogP contribution in [0.2, 0.25) is 0 Å². The molecule has 0 saturated carbocycles. The van der Waals surface area contributed by atoms with Crippen LogP contribution in [0.15, 0.2) is 54.9 Å². The molecule has 0 spiro atoms. The van der Waals surface area contributed by atoms with Crippen LogP contribution in [-0.4, -0.2) is 15.8 Å². The Kier molecular flexibility index (Phi) is 2.80. The molecular formula is C16H12N2O. The van der Waals surface area contributed by atoms with E-state index in [-0.39, 0.29) is 5.78 Å². The van der Waals surface area contributed by atoms with E-state index in [1.54, 1.807) is 18.5 Å². The predicted octanol–water partition coefficient (Wildman–Crippen LogP) is 3.50. The van der Waals surface area contributed by atoms with Crippen LogP contribution >= 0.6 is 0 Å². The number of hydrogen-bond acceptors (Lipinski definition) is 3. The predicted molar refractivity (Wildman–Crippen MR) is 75.0 cm³/mol. The molecule has 0 atom stereocenters. The van der Waals surface area contributed by atoms with Gasteiger partial charge in [-0.15, -0.1) is 0 Å². The van der Waals surface area contributed by atoms with Crippen molar-refractivity contribution < 1.29 is 4.79 Å². The summed E-state index contributed by atoms with van der Waals surface area (Å²) in [5.74, 6) is -0.0299. The second kappa shape index (κ2) is 4.61. The van der Waals surface area contributed by atoms with E-state index in [4.69, 9.17) is 0 Å². The van der Waals surface area contributed by atoms with E-state index in [0.717, 1.165) is 22.0 Å². The van der Waals surface area contributed by atoms with E-state index in [9.17, 15) is 4.79 Å². The molecule has 1 aromatic carbocycles. The first-order valence-corrected chi connectivity index (χ1v) is 6.07. The smallest absolute Gasteiger partial charge is 0.178 e. The van der Waals surface area contributed by atoms with Gasteiger partial charge in [-0.3, -0.25) is 9.78 Å². The van der Waals surface area contributed by atoms with Crippen molar-refractivity contribution in [3.8, 4) is 11.1 Å². The van der Waals surface area contributed by atoms with Crippen LogP contribution < -0.4 is 0 Å². The van der Waals surface area contributed by atoms with Gasteiger partial charge in [0.15, 0.2) is 5.78 Å². The molecule has 0 amide bonds. The molecule has 0 aliphatic heterocycles. The molecule has 3 heteroatoms. The van der Waals surface area contributed by atoms with Gasteiger partial charge in [-0.05, 0) is 17.7 Å². The average Bonchev–Trinajstić information content (AvgIpc) is 2.47. The van der Waals surface area contributed by atoms with Gasteiger partial charge in [-0.2, -0.15) is 0 Å². The van der Waals surface area contributed by atoms with E-state index >= 15 is 0 Å². The number of benzene rings is 1. The summed E-state index contributed by atoms with van der Waals surface area (Å²) in [7, 11) is 0. The molecule has 2 aromatic heterocycles. The van der Waals surface area contributed by atoms with Crippen LogP contribution in [0.25, 0.3) is 22.0 Å². The number of fused-ring (bicyclic) bond motifs is 1. The summed E-state index contributed by atoms with van der Waals surface area (Å²) >= 11 is 0. The third-order valence-corrected chi connectivity index (χ3v) is 3.04. The van der Waals surface area contributed by atoms with Crippen molar-refractivity contribution >= 4 is 16.7 Å². The first-order chi connectivity index (χ1) is 9.25. The van der Waals surface area contributed by atoms with Crippen LogP contribution in [0.4, 0.5) is 0 Å². The molecule has 2 heterocycles. The van der Waals surface area contributed by atoms with Crippen LogP contribution in [0.1, 0.15) is 17.4 Å². The Morgan fingerprint density at radius 3 is 2.53 bits per heavy atom. The molecule has 0 radical (unpaired) electrons. The zero-order valence-electron chi connectivity index (χ0n) is 10.5. The molecule has 0 unspecified atom stereocenters. The minimum atomic E-state index is -0.0299. The lowest BCUT2D eigenvalue weighted by atomic mass is 10.0. The van der Waals surface area contributed by atoms with Gasteiger partial charge in [0.05, 0.1) is 5.52 Å². The highest BCUT2D eigenvalue weighted by Crippen LogP contribution is 2.26. The number of pyridine rings is 2. The number of hydrogen-bond donors (Lipinski definition) is 0. The number of aromatic nitrogens is 2. The Morgan fingerprint density at radius 1 is 1.00 bits per heavy atom. The molecule has 0 aliphatic carbocycles. The van der Waals surface area contributed by atoms with Crippen LogP contribution in [-0.2, 0) is 0 Å². The number of ketones is 1. The molecule has 0 bridgehead atoms. The first kappa shape index (κ1) is 11.5.